The minimum atomic E-state index is -0.367. The molecule has 0 saturated carbocycles. The van der Waals surface area contributed by atoms with Gasteiger partial charge < -0.3 is 14.4 Å². The van der Waals surface area contributed by atoms with Gasteiger partial charge in [0.25, 0.3) is 5.91 Å². The number of amides is 2. The summed E-state index contributed by atoms with van der Waals surface area (Å²) in [7, 11) is 0. The summed E-state index contributed by atoms with van der Waals surface area (Å²) in [5.74, 6) is 0.241. The van der Waals surface area contributed by atoms with Gasteiger partial charge in [-0.15, -0.1) is 0 Å². The van der Waals surface area contributed by atoms with Crippen molar-refractivity contribution in [2.75, 3.05) is 26.2 Å². The number of carbonyl (C=O) groups excluding carboxylic acids is 2. The van der Waals surface area contributed by atoms with Gasteiger partial charge in [-0.25, -0.2) is 0 Å². The van der Waals surface area contributed by atoms with Crippen molar-refractivity contribution in [3.63, 3.8) is 0 Å². The van der Waals surface area contributed by atoms with Gasteiger partial charge in [-0.3, -0.25) is 9.59 Å². The molecule has 134 valence electrons. The van der Waals surface area contributed by atoms with E-state index in [-0.39, 0.29) is 17.2 Å². The largest absolute Gasteiger partial charge is 0.346 e. The van der Waals surface area contributed by atoms with Gasteiger partial charge in [0.05, 0.1) is 5.56 Å². The number of hydrogen-bond acceptors (Lipinski definition) is 2. The predicted octanol–water partition coefficient (Wildman–Crippen LogP) is 3.02. The van der Waals surface area contributed by atoms with Crippen LogP contribution in [0.3, 0.4) is 0 Å². The molecular weight excluding hydrogens is 302 g/mol. The first-order chi connectivity index (χ1) is 11.0. The zero-order chi connectivity index (χ0) is 18.2. The van der Waals surface area contributed by atoms with Crippen LogP contribution in [-0.4, -0.2) is 52.4 Å². The second-order valence-corrected chi connectivity index (χ2v) is 8.08. The molecule has 0 atom stereocenters. The smallest absolute Gasteiger partial charge is 0.255 e. The highest BCUT2D eigenvalue weighted by Gasteiger charge is 2.31. The lowest BCUT2D eigenvalue weighted by Crippen LogP contribution is -2.53. The highest BCUT2D eigenvalue weighted by molar-refractivity contribution is 5.96. The van der Waals surface area contributed by atoms with E-state index in [1.165, 1.54) is 0 Å². The van der Waals surface area contributed by atoms with E-state index >= 15 is 0 Å². The fourth-order valence-electron chi connectivity index (χ4n) is 3.55. The highest BCUT2D eigenvalue weighted by atomic mass is 16.2. The van der Waals surface area contributed by atoms with Gasteiger partial charge in [-0.05, 0) is 33.8 Å². The third-order valence-electron chi connectivity index (χ3n) is 4.73. The maximum atomic E-state index is 12.9. The summed E-state index contributed by atoms with van der Waals surface area (Å²) in [5, 5.41) is 0. The summed E-state index contributed by atoms with van der Waals surface area (Å²) < 4.78 is 2.20. The lowest BCUT2D eigenvalue weighted by molar-refractivity contribution is -0.140. The van der Waals surface area contributed by atoms with Crippen LogP contribution < -0.4 is 0 Å². The molecule has 1 aliphatic heterocycles. The molecule has 2 rings (SSSR count). The van der Waals surface area contributed by atoms with Crippen LogP contribution >= 0.6 is 0 Å². The van der Waals surface area contributed by atoms with Gasteiger partial charge in [0.1, 0.15) is 0 Å². The Hall–Kier alpha value is -1.78. The number of aryl methyl sites for hydroxylation is 1. The topological polar surface area (TPSA) is 45.6 Å². The van der Waals surface area contributed by atoms with Crippen LogP contribution in [0, 0.1) is 19.3 Å². The van der Waals surface area contributed by atoms with Gasteiger partial charge in [0, 0.05) is 49.0 Å². The molecule has 0 bridgehead atoms. The molecule has 0 radical (unpaired) electrons. The SMILES string of the molecule is Cc1cc(C(=O)N2CCN(C(=O)C(C)(C)C)CC2)c(C)n1C(C)C. The van der Waals surface area contributed by atoms with Crippen LogP contribution in [0.25, 0.3) is 0 Å². The molecule has 0 aromatic carbocycles. The maximum absolute atomic E-state index is 12.9. The summed E-state index contributed by atoms with van der Waals surface area (Å²) >= 11 is 0. The van der Waals surface area contributed by atoms with E-state index in [4.69, 9.17) is 0 Å². The number of rotatable bonds is 2. The van der Waals surface area contributed by atoms with Crippen LogP contribution in [0.1, 0.15) is 62.4 Å². The molecule has 5 heteroatoms. The monoisotopic (exact) mass is 333 g/mol. The number of hydrogen-bond donors (Lipinski definition) is 0. The van der Waals surface area contributed by atoms with E-state index in [1.807, 2.05) is 50.5 Å². The molecule has 0 spiro atoms. The summed E-state index contributed by atoms with van der Waals surface area (Å²) in [4.78, 5) is 29.0. The van der Waals surface area contributed by atoms with Crippen LogP contribution in [0.2, 0.25) is 0 Å². The lowest BCUT2D eigenvalue weighted by Gasteiger charge is -2.37. The summed E-state index contributed by atoms with van der Waals surface area (Å²) in [5.41, 5.74) is 2.57. The van der Waals surface area contributed by atoms with E-state index in [0.29, 0.717) is 32.2 Å². The average molecular weight is 333 g/mol. The number of nitrogens with zero attached hydrogens (tertiary/aromatic N) is 3. The molecule has 2 heterocycles. The third-order valence-corrected chi connectivity index (χ3v) is 4.73. The lowest BCUT2D eigenvalue weighted by atomic mass is 9.94. The molecule has 5 nitrogen and oxygen atoms in total. The minimum absolute atomic E-state index is 0.0813. The average Bonchev–Trinajstić information content (AvgIpc) is 2.80. The second-order valence-electron chi connectivity index (χ2n) is 8.08. The van der Waals surface area contributed by atoms with Gasteiger partial charge >= 0.3 is 0 Å². The molecule has 2 amide bonds. The second kappa shape index (κ2) is 6.61. The molecular formula is C19H31N3O2. The molecule has 1 saturated heterocycles. The number of carbonyl (C=O) groups is 2. The Bertz CT molecular complexity index is 630. The molecule has 1 aliphatic rings. The number of aromatic nitrogens is 1. The van der Waals surface area contributed by atoms with Crippen molar-refractivity contribution in [1.29, 1.82) is 0 Å². The van der Waals surface area contributed by atoms with Crippen molar-refractivity contribution < 1.29 is 9.59 Å². The molecule has 24 heavy (non-hydrogen) atoms. The third kappa shape index (κ3) is 3.50. The Balaban J connectivity index is 2.09. The first-order valence-corrected chi connectivity index (χ1v) is 8.81. The Morgan fingerprint density at radius 2 is 1.50 bits per heavy atom. The van der Waals surface area contributed by atoms with Crippen molar-refractivity contribution >= 4 is 11.8 Å². The molecule has 0 N–H and O–H groups in total. The maximum Gasteiger partial charge on any atom is 0.255 e. The van der Waals surface area contributed by atoms with Gasteiger partial charge in [-0.2, -0.15) is 0 Å². The summed E-state index contributed by atoms with van der Waals surface area (Å²) in [6.45, 7) is 16.6. The molecule has 1 aromatic heterocycles. The van der Waals surface area contributed by atoms with E-state index in [2.05, 4.69) is 18.4 Å². The van der Waals surface area contributed by atoms with Crippen LogP contribution in [-0.2, 0) is 4.79 Å². The van der Waals surface area contributed by atoms with Gasteiger partial charge in [0.15, 0.2) is 0 Å². The quantitative estimate of drug-likeness (QED) is 0.835. The van der Waals surface area contributed by atoms with E-state index in [9.17, 15) is 9.59 Å². The Morgan fingerprint density at radius 1 is 1.00 bits per heavy atom. The predicted molar refractivity (Wildman–Crippen MR) is 96.2 cm³/mol. The van der Waals surface area contributed by atoms with E-state index in [0.717, 1.165) is 17.0 Å². The Kier molecular flexibility index (Phi) is 5.11. The zero-order valence-corrected chi connectivity index (χ0v) is 16.1. The van der Waals surface area contributed by atoms with Gasteiger partial charge in [0.2, 0.25) is 5.91 Å². The Morgan fingerprint density at radius 3 is 1.92 bits per heavy atom. The molecule has 1 aromatic rings. The highest BCUT2D eigenvalue weighted by Crippen LogP contribution is 2.23. The van der Waals surface area contributed by atoms with Crippen molar-refractivity contribution in [2.24, 2.45) is 5.41 Å². The first-order valence-electron chi connectivity index (χ1n) is 8.81. The zero-order valence-electron chi connectivity index (χ0n) is 16.1. The fraction of sp³-hybridized carbons (Fsp3) is 0.684. The molecule has 0 unspecified atom stereocenters. The van der Waals surface area contributed by atoms with Crippen LogP contribution in [0.4, 0.5) is 0 Å². The Labute approximate surface area is 145 Å². The number of piperazine rings is 1. The minimum Gasteiger partial charge on any atom is -0.346 e. The molecule has 1 fully saturated rings. The standard InChI is InChI=1S/C19H31N3O2/c1-13(2)22-14(3)12-16(15(22)4)17(23)20-8-10-21(11-9-20)18(24)19(5,6)7/h12-13H,8-11H2,1-7H3. The van der Waals surface area contributed by atoms with Crippen molar-refractivity contribution in [2.45, 2.75) is 54.5 Å². The molecule has 0 aliphatic carbocycles. The van der Waals surface area contributed by atoms with Gasteiger partial charge in [-0.1, -0.05) is 20.8 Å². The van der Waals surface area contributed by atoms with E-state index < -0.39 is 0 Å². The van der Waals surface area contributed by atoms with E-state index in [1.54, 1.807) is 0 Å². The fourth-order valence-corrected chi connectivity index (χ4v) is 3.55. The van der Waals surface area contributed by atoms with Crippen LogP contribution in [0.5, 0.6) is 0 Å². The van der Waals surface area contributed by atoms with Crippen LogP contribution in [0.15, 0.2) is 6.07 Å². The van der Waals surface area contributed by atoms with Crippen molar-refractivity contribution in [1.82, 2.24) is 14.4 Å². The summed E-state index contributed by atoms with van der Waals surface area (Å²) in [6.07, 6.45) is 0. The van der Waals surface area contributed by atoms with Crippen molar-refractivity contribution in [3.8, 4) is 0 Å². The van der Waals surface area contributed by atoms with Crippen molar-refractivity contribution in [3.05, 3.63) is 23.0 Å². The first kappa shape index (κ1) is 18.6. The normalized spacial score (nSPS) is 16.0. The summed E-state index contributed by atoms with van der Waals surface area (Å²) in [6, 6.07) is 2.33.